The summed E-state index contributed by atoms with van der Waals surface area (Å²) in [6.45, 7) is 7.29. The Morgan fingerprint density at radius 1 is 0.583 bits per heavy atom. The van der Waals surface area contributed by atoms with E-state index in [4.69, 9.17) is 0 Å². The molecule has 4 aromatic rings. The van der Waals surface area contributed by atoms with Gasteiger partial charge in [-0.05, 0) is 62.1 Å². The van der Waals surface area contributed by atoms with Crippen molar-refractivity contribution in [3.05, 3.63) is 70.8 Å². The number of nitrogens with zero attached hydrogens (tertiary/aromatic N) is 6. The Kier molecular flexibility index (Phi) is 6.86. The van der Waals surface area contributed by atoms with Crippen LogP contribution in [0.5, 0.6) is 0 Å². The highest BCUT2D eigenvalue weighted by atomic mass is 33.1. The molecule has 0 amide bonds. The summed E-state index contributed by atoms with van der Waals surface area (Å²) in [4.78, 5) is 8.28. The lowest BCUT2D eigenvalue weighted by Crippen LogP contribution is -2.09. The molecule has 6 nitrogen and oxygen atoms in total. The third kappa shape index (κ3) is 5.38. The van der Waals surface area contributed by atoms with Gasteiger partial charge >= 0.3 is 12.4 Å². The number of aromatic nitrogens is 6. The number of hydrogen-bond donors (Lipinski definition) is 0. The van der Waals surface area contributed by atoms with Crippen molar-refractivity contribution < 1.29 is 26.3 Å². The van der Waals surface area contributed by atoms with Crippen molar-refractivity contribution in [2.45, 2.75) is 49.8 Å². The minimum absolute atomic E-state index is 0.454. The van der Waals surface area contributed by atoms with E-state index < -0.39 is 24.0 Å². The van der Waals surface area contributed by atoms with Crippen LogP contribution < -0.4 is 0 Å². The zero-order chi connectivity index (χ0) is 26.4. The van der Waals surface area contributed by atoms with Crippen molar-refractivity contribution in [1.29, 1.82) is 0 Å². The van der Waals surface area contributed by atoms with Gasteiger partial charge in [0.1, 0.15) is 12.7 Å². The van der Waals surface area contributed by atoms with Crippen molar-refractivity contribution in [2.75, 3.05) is 0 Å². The van der Waals surface area contributed by atoms with Crippen LogP contribution in [0.2, 0.25) is 0 Å². The van der Waals surface area contributed by atoms with Gasteiger partial charge in [0, 0.05) is 9.79 Å². The Morgan fingerprint density at radius 3 is 1.25 bits per heavy atom. The summed E-state index contributed by atoms with van der Waals surface area (Å²) >= 11 is 0. The SMILES string of the molecule is Cc1cc(C)c(-n2cnc(C(F)(F)F)n2)cc1SSc1cc(-n2cnc(C(F)(F)F)n2)c(C)cc1C. The number of alkyl halides is 6. The first-order valence-electron chi connectivity index (χ1n) is 10.3. The maximum absolute atomic E-state index is 12.9. The van der Waals surface area contributed by atoms with Crippen LogP contribution in [0, 0.1) is 27.7 Å². The molecular formula is C22H18F6N6S2. The Morgan fingerprint density at radius 2 is 0.944 bits per heavy atom. The molecular weight excluding hydrogens is 526 g/mol. The smallest absolute Gasteiger partial charge is 0.220 e. The molecule has 0 unspecified atom stereocenters. The van der Waals surface area contributed by atoms with Gasteiger partial charge in [-0.2, -0.15) is 26.3 Å². The molecule has 2 heterocycles. The van der Waals surface area contributed by atoms with E-state index in [0.29, 0.717) is 11.4 Å². The fourth-order valence-electron chi connectivity index (χ4n) is 3.42. The van der Waals surface area contributed by atoms with E-state index in [1.807, 2.05) is 26.0 Å². The van der Waals surface area contributed by atoms with Crippen LogP contribution in [0.3, 0.4) is 0 Å². The molecule has 0 atom stereocenters. The van der Waals surface area contributed by atoms with Gasteiger partial charge < -0.3 is 0 Å². The van der Waals surface area contributed by atoms with Crippen LogP contribution in [0.1, 0.15) is 33.9 Å². The van der Waals surface area contributed by atoms with E-state index in [0.717, 1.165) is 54.1 Å². The quantitative estimate of drug-likeness (QED) is 0.201. The lowest BCUT2D eigenvalue weighted by Gasteiger charge is -2.14. The van der Waals surface area contributed by atoms with Crippen molar-refractivity contribution in [1.82, 2.24) is 29.5 Å². The average molecular weight is 545 g/mol. The van der Waals surface area contributed by atoms with E-state index in [1.165, 1.54) is 21.6 Å². The lowest BCUT2D eigenvalue weighted by atomic mass is 10.1. The molecule has 36 heavy (non-hydrogen) atoms. The Labute approximate surface area is 209 Å². The molecule has 0 saturated carbocycles. The van der Waals surface area contributed by atoms with Gasteiger partial charge in [-0.25, -0.2) is 19.3 Å². The second-order valence-electron chi connectivity index (χ2n) is 8.00. The van der Waals surface area contributed by atoms with Gasteiger partial charge in [-0.1, -0.05) is 33.7 Å². The molecule has 0 aliphatic carbocycles. The maximum atomic E-state index is 12.9. The third-order valence-electron chi connectivity index (χ3n) is 5.19. The average Bonchev–Trinajstić information content (AvgIpc) is 3.44. The van der Waals surface area contributed by atoms with Gasteiger partial charge in [-0.3, -0.25) is 0 Å². The van der Waals surface area contributed by atoms with Crippen LogP contribution in [-0.2, 0) is 12.4 Å². The number of halogens is 6. The highest BCUT2D eigenvalue weighted by Crippen LogP contribution is 2.42. The van der Waals surface area contributed by atoms with Crippen molar-refractivity contribution >= 4 is 21.6 Å². The highest BCUT2D eigenvalue weighted by Gasteiger charge is 2.36. The van der Waals surface area contributed by atoms with Gasteiger partial charge in [-0.15, -0.1) is 10.2 Å². The summed E-state index contributed by atoms with van der Waals surface area (Å²) in [5.41, 5.74) is 4.16. The molecule has 2 aromatic carbocycles. The zero-order valence-corrected chi connectivity index (χ0v) is 20.9. The van der Waals surface area contributed by atoms with E-state index in [2.05, 4.69) is 20.2 Å². The van der Waals surface area contributed by atoms with Crippen molar-refractivity contribution in [3.8, 4) is 11.4 Å². The van der Waals surface area contributed by atoms with Crippen LogP contribution in [0.15, 0.2) is 46.7 Å². The molecule has 0 saturated heterocycles. The molecule has 2 aromatic heterocycles. The molecule has 0 spiro atoms. The molecule has 190 valence electrons. The largest absolute Gasteiger partial charge is 0.453 e. The summed E-state index contributed by atoms with van der Waals surface area (Å²) in [6.07, 6.45) is -7.26. The zero-order valence-electron chi connectivity index (χ0n) is 19.2. The molecule has 0 bridgehead atoms. The Balaban J connectivity index is 1.62. The number of aryl methyl sites for hydroxylation is 4. The summed E-state index contributed by atoms with van der Waals surface area (Å²) < 4.78 is 79.8. The molecule has 0 N–H and O–H groups in total. The van der Waals surface area contributed by atoms with Crippen LogP contribution in [-0.4, -0.2) is 29.5 Å². The van der Waals surface area contributed by atoms with E-state index in [1.54, 1.807) is 26.0 Å². The lowest BCUT2D eigenvalue weighted by molar-refractivity contribution is -0.145. The monoisotopic (exact) mass is 544 g/mol. The highest BCUT2D eigenvalue weighted by molar-refractivity contribution is 8.76. The fraction of sp³-hybridized carbons (Fsp3) is 0.273. The third-order valence-corrected chi connectivity index (χ3v) is 7.84. The van der Waals surface area contributed by atoms with Gasteiger partial charge in [0.05, 0.1) is 11.4 Å². The molecule has 0 fully saturated rings. The number of benzene rings is 2. The predicted molar refractivity (Wildman–Crippen MR) is 123 cm³/mol. The summed E-state index contributed by atoms with van der Waals surface area (Å²) in [5.74, 6) is -2.45. The summed E-state index contributed by atoms with van der Waals surface area (Å²) in [6, 6.07) is 7.15. The second kappa shape index (κ2) is 9.47. The van der Waals surface area contributed by atoms with Gasteiger partial charge in [0.15, 0.2) is 0 Å². The molecule has 4 rings (SSSR count). The van der Waals surface area contributed by atoms with Crippen molar-refractivity contribution in [2.24, 2.45) is 0 Å². The van der Waals surface area contributed by atoms with Crippen LogP contribution >= 0.6 is 21.6 Å². The fourth-order valence-corrected chi connectivity index (χ4v) is 5.92. The maximum Gasteiger partial charge on any atom is 0.453 e. The second-order valence-corrected chi connectivity index (χ2v) is 10.2. The minimum atomic E-state index is -4.65. The molecule has 0 radical (unpaired) electrons. The number of hydrogen-bond acceptors (Lipinski definition) is 6. The Hall–Kier alpha value is -3.00. The van der Waals surface area contributed by atoms with Crippen LogP contribution in [0.4, 0.5) is 26.3 Å². The van der Waals surface area contributed by atoms with E-state index in [9.17, 15) is 26.3 Å². The normalized spacial score (nSPS) is 12.4. The topological polar surface area (TPSA) is 61.4 Å². The first-order valence-corrected chi connectivity index (χ1v) is 12.4. The molecule has 0 aliphatic rings. The molecule has 14 heteroatoms. The Bertz CT molecular complexity index is 1320. The minimum Gasteiger partial charge on any atom is -0.220 e. The first-order chi connectivity index (χ1) is 16.7. The molecule has 0 aliphatic heterocycles. The predicted octanol–water partition coefficient (Wildman–Crippen LogP) is 6.92. The van der Waals surface area contributed by atoms with Gasteiger partial charge in [0.2, 0.25) is 0 Å². The standard InChI is InChI=1S/C22H18F6N6S2/c1-11-5-13(3)17(7-15(11)33-9-29-19(31-33)21(23,24)25)35-36-18-8-16(12(2)6-14(18)4)34-10-30-20(32-34)22(26,27)28/h5-10H,1-4H3. The van der Waals surface area contributed by atoms with Crippen LogP contribution in [0.25, 0.3) is 11.4 Å². The first kappa shape index (κ1) is 26.1. The summed E-state index contributed by atoms with van der Waals surface area (Å²) in [5, 5.41) is 7.12. The van der Waals surface area contributed by atoms with Gasteiger partial charge in [0.25, 0.3) is 11.6 Å². The van der Waals surface area contributed by atoms with E-state index in [-0.39, 0.29) is 0 Å². The van der Waals surface area contributed by atoms with E-state index >= 15 is 0 Å². The van der Waals surface area contributed by atoms with Crippen molar-refractivity contribution in [3.63, 3.8) is 0 Å². The number of rotatable bonds is 5. The summed E-state index contributed by atoms with van der Waals surface area (Å²) in [7, 11) is 2.74.